The largest absolute Gasteiger partial charge is 0.451 e. The molecule has 5 nitrogen and oxygen atoms in total. The summed E-state index contributed by atoms with van der Waals surface area (Å²) in [5.41, 5.74) is 0.746. The molecule has 1 aromatic carbocycles. The molecule has 0 spiro atoms. The first-order valence-electron chi connectivity index (χ1n) is 6.29. The zero-order valence-electron chi connectivity index (χ0n) is 11.2. The Labute approximate surface area is 126 Å². The van der Waals surface area contributed by atoms with Crippen LogP contribution in [-0.4, -0.2) is 15.7 Å². The van der Waals surface area contributed by atoms with Crippen LogP contribution in [0.3, 0.4) is 0 Å². The Hall–Kier alpha value is -2.53. The van der Waals surface area contributed by atoms with Gasteiger partial charge in [-0.1, -0.05) is 23.7 Å². The zero-order valence-corrected chi connectivity index (χ0v) is 12.0. The molecule has 0 atom stereocenters. The monoisotopic (exact) mass is 301 g/mol. The maximum Gasteiger partial charge on any atom is 0.292 e. The van der Waals surface area contributed by atoms with Crippen LogP contribution in [0.5, 0.6) is 0 Å². The number of amides is 1. The second-order valence-corrected chi connectivity index (χ2v) is 4.88. The molecular formula is C15H12ClN3O2. The van der Waals surface area contributed by atoms with Crippen molar-refractivity contribution in [3.05, 3.63) is 59.4 Å². The first kappa shape index (κ1) is 13.5. The molecule has 3 aromatic rings. The average molecular weight is 302 g/mol. The van der Waals surface area contributed by atoms with Gasteiger partial charge in [0.15, 0.2) is 11.6 Å². The van der Waals surface area contributed by atoms with Gasteiger partial charge in [-0.15, -0.1) is 0 Å². The average Bonchev–Trinajstić information content (AvgIpc) is 3.09. The van der Waals surface area contributed by atoms with Crippen molar-refractivity contribution in [1.29, 1.82) is 0 Å². The number of hydrogen-bond acceptors (Lipinski definition) is 3. The van der Waals surface area contributed by atoms with Crippen molar-refractivity contribution in [3.8, 4) is 11.3 Å². The molecule has 0 bridgehead atoms. The topological polar surface area (TPSA) is 60.1 Å². The number of carbonyl (C=O) groups is 1. The van der Waals surface area contributed by atoms with Gasteiger partial charge < -0.3 is 9.73 Å². The first-order chi connectivity index (χ1) is 10.1. The quantitative estimate of drug-likeness (QED) is 0.804. The number of benzene rings is 1. The highest BCUT2D eigenvalue weighted by Crippen LogP contribution is 2.29. The van der Waals surface area contributed by atoms with Crippen LogP contribution in [0.25, 0.3) is 11.3 Å². The Bertz CT molecular complexity index is 792. The summed E-state index contributed by atoms with van der Waals surface area (Å²) in [5, 5.41) is 7.31. The Morgan fingerprint density at radius 2 is 2.05 bits per heavy atom. The first-order valence-corrected chi connectivity index (χ1v) is 6.67. The van der Waals surface area contributed by atoms with Crippen molar-refractivity contribution in [1.82, 2.24) is 9.78 Å². The van der Waals surface area contributed by atoms with E-state index in [1.54, 1.807) is 42.2 Å². The highest BCUT2D eigenvalue weighted by Gasteiger charge is 2.14. The van der Waals surface area contributed by atoms with Crippen LogP contribution in [0.1, 0.15) is 10.6 Å². The Kier molecular flexibility index (Phi) is 3.50. The van der Waals surface area contributed by atoms with Crippen LogP contribution in [0.15, 0.2) is 53.1 Å². The Balaban J connectivity index is 1.82. The highest BCUT2D eigenvalue weighted by molar-refractivity contribution is 6.33. The zero-order chi connectivity index (χ0) is 14.8. The third-order valence-electron chi connectivity index (χ3n) is 2.92. The van der Waals surface area contributed by atoms with Gasteiger partial charge in [0.1, 0.15) is 5.76 Å². The van der Waals surface area contributed by atoms with E-state index in [1.807, 2.05) is 18.2 Å². The van der Waals surface area contributed by atoms with E-state index in [0.29, 0.717) is 16.6 Å². The molecule has 1 N–H and O–H groups in total. The molecule has 106 valence electrons. The molecule has 0 unspecified atom stereocenters. The van der Waals surface area contributed by atoms with E-state index < -0.39 is 0 Å². The number of nitrogens with one attached hydrogen (secondary N) is 1. The predicted octanol–water partition coefficient (Wildman–Crippen LogP) is 3.59. The lowest BCUT2D eigenvalue weighted by Gasteiger charge is -2.00. The van der Waals surface area contributed by atoms with E-state index in [9.17, 15) is 4.79 Å². The normalized spacial score (nSPS) is 10.6. The van der Waals surface area contributed by atoms with E-state index in [-0.39, 0.29) is 11.7 Å². The minimum absolute atomic E-state index is 0.204. The van der Waals surface area contributed by atoms with Gasteiger partial charge in [-0.2, -0.15) is 5.10 Å². The molecule has 3 rings (SSSR count). The minimum Gasteiger partial charge on any atom is -0.451 e. The van der Waals surface area contributed by atoms with Crippen LogP contribution in [-0.2, 0) is 7.05 Å². The molecule has 21 heavy (non-hydrogen) atoms. The molecule has 0 saturated carbocycles. The summed E-state index contributed by atoms with van der Waals surface area (Å²) in [6.07, 6.45) is 1.74. The third-order valence-corrected chi connectivity index (χ3v) is 3.25. The highest BCUT2D eigenvalue weighted by atomic mass is 35.5. The number of aromatic nitrogens is 2. The fourth-order valence-corrected chi connectivity index (χ4v) is 2.15. The lowest BCUT2D eigenvalue weighted by atomic mass is 10.2. The summed E-state index contributed by atoms with van der Waals surface area (Å²) in [4.78, 5) is 12.1. The fraction of sp³-hybridized carbons (Fsp3) is 0.0667. The van der Waals surface area contributed by atoms with Crippen LogP contribution in [0.4, 0.5) is 5.82 Å². The lowest BCUT2D eigenvalue weighted by Crippen LogP contribution is -2.11. The predicted molar refractivity (Wildman–Crippen MR) is 80.3 cm³/mol. The molecule has 0 aliphatic heterocycles. The maximum absolute atomic E-state index is 12.1. The van der Waals surface area contributed by atoms with Gasteiger partial charge in [-0.3, -0.25) is 9.48 Å². The minimum atomic E-state index is -0.355. The molecule has 6 heteroatoms. The number of aryl methyl sites for hydroxylation is 1. The van der Waals surface area contributed by atoms with Crippen molar-refractivity contribution in [2.24, 2.45) is 7.05 Å². The number of hydrogen-bond donors (Lipinski definition) is 1. The van der Waals surface area contributed by atoms with E-state index in [0.717, 1.165) is 5.56 Å². The van der Waals surface area contributed by atoms with Gasteiger partial charge >= 0.3 is 0 Å². The molecule has 2 aromatic heterocycles. The fourth-order valence-electron chi connectivity index (χ4n) is 1.93. The van der Waals surface area contributed by atoms with E-state index in [2.05, 4.69) is 10.4 Å². The van der Waals surface area contributed by atoms with Gasteiger partial charge in [-0.25, -0.2) is 0 Å². The summed E-state index contributed by atoms with van der Waals surface area (Å²) >= 11 is 6.11. The summed E-state index contributed by atoms with van der Waals surface area (Å²) in [7, 11) is 1.78. The molecular weight excluding hydrogens is 290 g/mol. The van der Waals surface area contributed by atoms with Crippen LogP contribution >= 0.6 is 11.6 Å². The van der Waals surface area contributed by atoms with Gasteiger partial charge in [0.2, 0.25) is 0 Å². The van der Waals surface area contributed by atoms with Crippen molar-refractivity contribution >= 4 is 23.3 Å². The van der Waals surface area contributed by atoms with Gasteiger partial charge in [0, 0.05) is 24.9 Å². The molecule has 0 radical (unpaired) electrons. The number of furan rings is 1. The van der Waals surface area contributed by atoms with Crippen molar-refractivity contribution in [2.75, 3.05) is 5.32 Å². The Morgan fingerprint density at radius 3 is 2.76 bits per heavy atom. The second-order valence-electron chi connectivity index (χ2n) is 4.47. The summed E-state index contributed by atoms with van der Waals surface area (Å²) in [6.45, 7) is 0. The SMILES string of the molecule is Cn1ccc(NC(=O)c2ccc(-c3ccccc3Cl)o2)n1. The van der Waals surface area contributed by atoms with Crippen molar-refractivity contribution in [3.63, 3.8) is 0 Å². The lowest BCUT2D eigenvalue weighted by molar-refractivity contribution is 0.0997. The number of halogens is 1. The maximum atomic E-state index is 12.1. The Morgan fingerprint density at radius 1 is 1.24 bits per heavy atom. The number of carbonyl (C=O) groups excluding carboxylic acids is 1. The molecule has 0 aliphatic rings. The van der Waals surface area contributed by atoms with E-state index in [4.69, 9.17) is 16.0 Å². The number of nitrogens with zero attached hydrogens (tertiary/aromatic N) is 2. The van der Waals surface area contributed by atoms with Gasteiger partial charge in [0.05, 0.1) is 5.02 Å². The smallest absolute Gasteiger partial charge is 0.292 e. The molecule has 2 heterocycles. The van der Waals surface area contributed by atoms with Crippen LogP contribution < -0.4 is 5.32 Å². The van der Waals surface area contributed by atoms with Crippen molar-refractivity contribution in [2.45, 2.75) is 0 Å². The van der Waals surface area contributed by atoms with Gasteiger partial charge in [0.25, 0.3) is 5.91 Å². The second kappa shape index (κ2) is 5.46. The van der Waals surface area contributed by atoms with E-state index in [1.165, 1.54) is 0 Å². The van der Waals surface area contributed by atoms with Crippen molar-refractivity contribution < 1.29 is 9.21 Å². The number of rotatable bonds is 3. The molecule has 1 amide bonds. The summed E-state index contributed by atoms with van der Waals surface area (Å²) in [5.74, 6) is 0.868. The summed E-state index contributed by atoms with van der Waals surface area (Å²) in [6, 6.07) is 12.3. The van der Waals surface area contributed by atoms with E-state index >= 15 is 0 Å². The molecule has 0 aliphatic carbocycles. The van der Waals surface area contributed by atoms with Crippen LogP contribution in [0.2, 0.25) is 5.02 Å². The van der Waals surface area contributed by atoms with Gasteiger partial charge in [-0.05, 0) is 24.3 Å². The molecule has 0 saturated heterocycles. The van der Waals surface area contributed by atoms with Crippen LogP contribution in [0, 0.1) is 0 Å². The third kappa shape index (κ3) is 2.83. The molecule has 0 fully saturated rings. The standard InChI is InChI=1S/C15H12ClN3O2/c1-19-9-8-14(18-19)17-15(20)13-7-6-12(21-13)10-4-2-3-5-11(10)16/h2-9H,1H3,(H,17,18,20). The number of anilines is 1. The summed E-state index contributed by atoms with van der Waals surface area (Å²) < 4.78 is 7.16.